The SMILES string of the molecule is Cc1ccc(C(=O)O)cc1CC(=O)COc1ccc(C(C)C)c(C)c1. The van der Waals surface area contributed by atoms with Gasteiger partial charge < -0.3 is 9.84 Å². The maximum Gasteiger partial charge on any atom is 0.335 e. The minimum absolute atomic E-state index is 0.0306. The molecule has 0 radical (unpaired) electrons. The first kappa shape index (κ1) is 18.7. The average Bonchev–Trinajstić information content (AvgIpc) is 2.54. The van der Waals surface area contributed by atoms with Crippen molar-refractivity contribution < 1.29 is 19.4 Å². The molecule has 0 bridgehead atoms. The Labute approximate surface area is 148 Å². The summed E-state index contributed by atoms with van der Waals surface area (Å²) in [6.07, 6.45) is 0.163. The molecule has 0 atom stereocenters. The molecule has 2 rings (SSSR count). The Bertz CT molecular complexity index is 790. The summed E-state index contributed by atoms with van der Waals surface area (Å²) in [6.45, 7) is 8.14. The third-order valence-corrected chi connectivity index (χ3v) is 4.25. The van der Waals surface area contributed by atoms with Gasteiger partial charge in [-0.2, -0.15) is 0 Å². The van der Waals surface area contributed by atoms with E-state index in [4.69, 9.17) is 9.84 Å². The van der Waals surface area contributed by atoms with Crippen LogP contribution < -0.4 is 4.74 Å². The molecule has 0 aliphatic heterocycles. The molecule has 2 aromatic rings. The number of carbonyl (C=O) groups excluding carboxylic acids is 1. The predicted molar refractivity (Wildman–Crippen MR) is 97.6 cm³/mol. The van der Waals surface area contributed by atoms with Gasteiger partial charge >= 0.3 is 5.97 Å². The lowest BCUT2D eigenvalue weighted by molar-refractivity contribution is -0.120. The molecule has 0 fully saturated rings. The second-order valence-electron chi connectivity index (χ2n) is 6.62. The van der Waals surface area contributed by atoms with E-state index in [2.05, 4.69) is 13.8 Å². The van der Waals surface area contributed by atoms with Gasteiger partial charge in [-0.25, -0.2) is 4.79 Å². The second kappa shape index (κ2) is 7.97. The van der Waals surface area contributed by atoms with Gasteiger partial charge in [0.2, 0.25) is 0 Å². The summed E-state index contributed by atoms with van der Waals surface area (Å²) in [7, 11) is 0. The fraction of sp³-hybridized carbons (Fsp3) is 0.333. The third-order valence-electron chi connectivity index (χ3n) is 4.25. The standard InChI is InChI=1S/C21H24O4/c1-13(2)20-8-7-19(9-15(20)4)25-12-18(22)11-17-10-16(21(23)24)6-5-14(17)3/h5-10,13H,11-12H2,1-4H3,(H,23,24). The highest BCUT2D eigenvalue weighted by Crippen LogP contribution is 2.23. The van der Waals surface area contributed by atoms with Gasteiger partial charge in [-0.05, 0) is 66.3 Å². The number of benzene rings is 2. The molecule has 0 saturated heterocycles. The van der Waals surface area contributed by atoms with Crippen LogP contribution in [0.15, 0.2) is 36.4 Å². The molecule has 0 saturated carbocycles. The first-order valence-electron chi connectivity index (χ1n) is 8.35. The zero-order valence-electron chi connectivity index (χ0n) is 15.1. The van der Waals surface area contributed by atoms with Crippen molar-refractivity contribution in [3.63, 3.8) is 0 Å². The van der Waals surface area contributed by atoms with E-state index < -0.39 is 5.97 Å². The van der Waals surface area contributed by atoms with Crippen molar-refractivity contribution in [1.82, 2.24) is 0 Å². The summed E-state index contributed by atoms with van der Waals surface area (Å²) in [6, 6.07) is 10.7. The van der Waals surface area contributed by atoms with Gasteiger partial charge in [0.15, 0.2) is 5.78 Å². The number of carboxylic acid groups (broad SMARTS) is 1. The molecule has 2 aromatic carbocycles. The summed E-state index contributed by atoms with van der Waals surface area (Å²) in [4.78, 5) is 23.3. The van der Waals surface area contributed by atoms with Crippen molar-refractivity contribution in [2.24, 2.45) is 0 Å². The van der Waals surface area contributed by atoms with Gasteiger partial charge in [0.05, 0.1) is 5.56 Å². The van der Waals surface area contributed by atoms with Gasteiger partial charge in [-0.15, -0.1) is 0 Å². The molecule has 0 spiro atoms. The Kier molecular flexibility index (Phi) is 5.97. The van der Waals surface area contributed by atoms with Crippen LogP contribution in [0.3, 0.4) is 0 Å². The summed E-state index contributed by atoms with van der Waals surface area (Å²) in [5.41, 5.74) is 4.22. The quantitative estimate of drug-likeness (QED) is 0.815. The Morgan fingerprint density at radius 3 is 2.36 bits per heavy atom. The zero-order valence-corrected chi connectivity index (χ0v) is 15.1. The lowest BCUT2D eigenvalue weighted by Gasteiger charge is -2.12. The topological polar surface area (TPSA) is 63.6 Å². The Morgan fingerprint density at radius 2 is 1.76 bits per heavy atom. The molecular formula is C21H24O4. The van der Waals surface area contributed by atoms with E-state index in [9.17, 15) is 9.59 Å². The number of rotatable bonds is 7. The fourth-order valence-electron chi connectivity index (χ4n) is 2.81. The highest BCUT2D eigenvalue weighted by molar-refractivity contribution is 5.89. The summed E-state index contributed by atoms with van der Waals surface area (Å²) >= 11 is 0. The molecule has 0 unspecified atom stereocenters. The molecule has 0 aliphatic rings. The number of carbonyl (C=O) groups is 2. The minimum Gasteiger partial charge on any atom is -0.486 e. The van der Waals surface area contributed by atoms with Crippen molar-refractivity contribution in [3.8, 4) is 5.75 Å². The molecule has 0 aromatic heterocycles. The van der Waals surface area contributed by atoms with Gasteiger partial charge in [-0.1, -0.05) is 26.0 Å². The first-order chi connectivity index (χ1) is 11.8. The highest BCUT2D eigenvalue weighted by Gasteiger charge is 2.11. The minimum atomic E-state index is -0.995. The van der Waals surface area contributed by atoms with E-state index in [0.29, 0.717) is 11.7 Å². The largest absolute Gasteiger partial charge is 0.486 e. The zero-order chi connectivity index (χ0) is 18.6. The van der Waals surface area contributed by atoms with Crippen LogP contribution in [0.5, 0.6) is 5.75 Å². The number of ether oxygens (including phenoxy) is 1. The Morgan fingerprint density at radius 1 is 1.04 bits per heavy atom. The monoisotopic (exact) mass is 340 g/mol. The maximum absolute atomic E-state index is 12.2. The molecule has 25 heavy (non-hydrogen) atoms. The van der Waals surface area contributed by atoms with E-state index in [1.807, 2.05) is 32.0 Å². The third kappa shape index (κ3) is 4.92. The number of aryl methyl sites for hydroxylation is 2. The Balaban J connectivity index is 2.01. The van der Waals surface area contributed by atoms with Crippen LogP contribution in [0.1, 0.15) is 52.4 Å². The number of hydrogen-bond acceptors (Lipinski definition) is 3. The van der Waals surface area contributed by atoms with Gasteiger partial charge in [0.1, 0.15) is 12.4 Å². The van der Waals surface area contributed by atoms with E-state index in [1.54, 1.807) is 18.2 Å². The average molecular weight is 340 g/mol. The fourth-order valence-corrected chi connectivity index (χ4v) is 2.81. The first-order valence-corrected chi connectivity index (χ1v) is 8.35. The van der Waals surface area contributed by atoms with Gasteiger partial charge in [0, 0.05) is 6.42 Å². The lowest BCUT2D eigenvalue weighted by atomic mass is 9.98. The molecular weight excluding hydrogens is 316 g/mol. The Hall–Kier alpha value is -2.62. The van der Waals surface area contributed by atoms with E-state index in [0.717, 1.165) is 16.7 Å². The normalized spacial score (nSPS) is 10.8. The van der Waals surface area contributed by atoms with Crippen LogP contribution in [0.25, 0.3) is 0 Å². The van der Waals surface area contributed by atoms with E-state index in [1.165, 1.54) is 5.56 Å². The number of hydrogen-bond donors (Lipinski definition) is 1. The highest BCUT2D eigenvalue weighted by atomic mass is 16.5. The second-order valence-corrected chi connectivity index (χ2v) is 6.62. The van der Waals surface area contributed by atoms with Crippen LogP contribution in [0.2, 0.25) is 0 Å². The van der Waals surface area contributed by atoms with Crippen molar-refractivity contribution in [2.45, 2.75) is 40.0 Å². The van der Waals surface area contributed by atoms with Crippen molar-refractivity contribution >= 4 is 11.8 Å². The summed E-state index contributed by atoms with van der Waals surface area (Å²) in [5, 5.41) is 9.06. The maximum atomic E-state index is 12.2. The molecule has 0 aliphatic carbocycles. The number of carboxylic acids is 1. The molecule has 4 heteroatoms. The lowest BCUT2D eigenvalue weighted by Crippen LogP contribution is -2.15. The molecule has 4 nitrogen and oxygen atoms in total. The van der Waals surface area contributed by atoms with Crippen molar-refractivity contribution in [3.05, 3.63) is 64.2 Å². The molecule has 1 N–H and O–H groups in total. The number of ketones is 1. The van der Waals surface area contributed by atoms with Gasteiger partial charge in [0.25, 0.3) is 0 Å². The summed E-state index contributed by atoms with van der Waals surface area (Å²) in [5.74, 6) is 0.0355. The van der Waals surface area contributed by atoms with Crippen molar-refractivity contribution in [1.29, 1.82) is 0 Å². The summed E-state index contributed by atoms with van der Waals surface area (Å²) < 4.78 is 5.61. The van der Waals surface area contributed by atoms with Crippen molar-refractivity contribution in [2.75, 3.05) is 6.61 Å². The van der Waals surface area contributed by atoms with E-state index in [-0.39, 0.29) is 24.4 Å². The number of aromatic carboxylic acids is 1. The van der Waals surface area contributed by atoms with Crippen LogP contribution in [0.4, 0.5) is 0 Å². The van der Waals surface area contributed by atoms with Gasteiger partial charge in [-0.3, -0.25) is 4.79 Å². The predicted octanol–water partition coefficient (Wildman–Crippen LogP) is 4.32. The molecule has 132 valence electrons. The van der Waals surface area contributed by atoms with Crippen LogP contribution in [0, 0.1) is 13.8 Å². The smallest absolute Gasteiger partial charge is 0.335 e. The van der Waals surface area contributed by atoms with Crippen LogP contribution in [-0.4, -0.2) is 23.5 Å². The molecule has 0 amide bonds. The number of Topliss-reactive ketones (excluding diaryl/α,β-unsaturated/α-hetero) is 1. The van der Waals surface area contributed by atoms with Crippen LogP contribution in [-0.2, 0) is 11.2 Å². The van der Waals surface area contributed by atoms with E-state index >= 15 is 0 Å². The molecule has 0 heterocycles. The van der Waals surface area contributed by atoms with Crippen LogP contribution >= 0.6 is 0 Å².